The van der Waals surface area contributed by atoms with Crippen LogP contribution in [0.15, 0.2) is 71.6 Å². The number of β-amino-alcohol motifs (C(OH)–C–C–N with tert-alkyl or cyclic N) is 1. The number of hydrogen-bond donors (Lipinski definition) is 3. The number of carbonyl (C=O) groups excluding carboxylic acids is 1. The van der Waals surface area contributed by atoms with Gasteiger partial charge < -0.3 is 14.7 Å². The Labute approximate surface area is 283 Å². The Balaban J connectivity index is 1.49. The van der Waals surface area contributed by atoms with Crippen LogP contribution in [0.4, 0.5) is 0 Å². The molecule has 0 aliphatic carbocycles. The molecule has 0 radical (unpaired) electrons. The first-order valence-corrected chi connectivity index (χ1v) is 17.8. The summed E-state index contributed by atoms with van der Waals surface area (Å²) >= 11 is 12.6. The number of halogens is 2. The van der Waals surface area contributed by atoms with E-state index in [9.17, 15) is 9.32 Å². The molecule has 246 valence electrons. The van der Waals surface area contributed by atoms with Crippen LogP contribution in [0.3, 0.4) is 0 Å². The number of aliphatic hydroxyl groups is 1. The highest BCUT2D eigenvalue weighted by atomic mass is 35.5. The zero-order valence-electron chi connectivity index (χ0n) is 26.0. The summed E-state index contributed by atoms with van der Waals surface area (Å²) in [7, 11) is -1.38. The van der Waals surface area contributed by atoms with Crippen LogP contribution >= 0.6 is 23.2 Å². The van der Waals surface area contributed by atoms with Gasteiger partial charge in [0.2, 0.25) is 0 Å². The number of nitrogens with zero attached hydrogens (tertiary/aromatic N) is 3. The van der Waals surface area contributed by atoms with Gasteiger partial charge in [-0.15, -0.1) is 0 Å². The fourth-order valence-electron chi connectivity index (χ4n) is 6.71. The highest BCUT2D eigenvalue weighted by Gasteiger charge is 2.54. The lowest BCUT2D eigenvalue weighted by Gasteiger charge is -2.40. The SMILES string of the molecule is CCOc1ccc(S(=O)N2CCCC2)cc1C1(C(=O)N2CCN(CCO)CC2)NC(c2ccc(Cl)cc2)C(c2ccc(Cl)cc2)N1. The molecule has 3 fully saturated rings. The molecule has 6 rings (SSSR count). The molecule has 0 aromatic heterocycles. The molecule has 3 saturated heterocycles. The summed E-state index contributed by atoms with van der Waals surface area (Å²) in [4.78, 5) is 19.7. The van der Waals surface area contributed by atoms with Gasteiger partial charge in [0.15, 0.2) is 5.66 Å². The van der Waals surface area contributed by atoms with Gasteiger partial charge >= 0.3 is 0 Å². The van der Waals surface area contributed by atoms with Crippen molar-refractivity contribution in [1.29, 1.82) is 0 Å². The van der Waals surface area contributed by atoms with E-state index in [1.807, 2.05) is 82.9 Å². The Hall–Kier alpha value is -2.54. The minimum absolute atomic E-state index is 0.0746. The number of rotatable bonds is 10. The molecule has 12 heteroatoms. The van der Waals surface area contributed by atoms with Crippen molar-refractivity contribution in [2.75, 3.05) is 59.0 Å². The van der Waals surface area contributed by atoms with E-state index in [4.69, 9.17) is 27.9 Å². The highest BCUT2D eigenvalue weighted by Crippen LogP contribution is 2.45. The predicted molar refractivity (Wildman–Crippen MR) is 181 cm³/mol. The Morgan fingerprint density at radius 3 is 1.98 bits per heavy atom. The molecule has 3 aliphatic heterocycles. The molecule has 0 spiro atoms. The van der Waals surface area contributed by atoms with E-state index in [1.165, 1.54) is 0 Å². The summed E-state index contributed by atoms with van der Waals surface area (Å²) in [6, 6.07) is 20.2. The van der Waals surface area contributed by atoms with Crippen LogP contribution < -0.4 is 15.4 Å². The zero-order chi connectivity index (χ0) is 32.3. The Morgan fingerprint density at radius 2 is 1.46 bits per heavy atom. The molecule has 1 amide bonds. The van der Waals surface area contributed by atoms with Crippen LogP contribution in [0.25, 0.3) is 0 Å². The second kappa shape index (κ2) is 14.7. The van der Waals surface area contributed by atoms with E-state index in [1.54, 1.807) is 0 Å². The number of amides is 1. The summed E-state index contributed by atoms with van der Waals surface area (Å²) in [5.74, 6) is 0.403. The molecular formula is C34H41Cl2N5O4S. The Morgan fingerprint density at radius 1 is 0.891 bits per heavy atom. The van der Waals surface area contributed by atoms with Crippen LogP contribution in [-0.2, 0) is 21.4 Å². The number of piperazine rings is 1. The first-order chi connectivity index (χ1) is 22.3. The fourth-order valence-corrected chi connectivity index (χ4v) is 8.25. The normalized spacial score (nSPS) is 24.7. The van der Waals surface area contributed by atoms with Gasteiger partial charge in [0, 0.05) is 61.4 Å². The lowest BCUT2D eigenvalue weighted by molar-refractivity contribution is -0.141. The predicted octanol–water partition coefficient (Wildman–Crippen LogP) is 4.48. The second-order valence-corrected chi connectivity index (χ2v) is 14.3. The largest absolute Gasteiger partial charge is 0.493 e. The van der Waals surface area contributed by atoms with Gasteiger partial charge in [0.25, 0.3) is 5.91 Å². The van der Waals surface area contributed by atoms with Gasteiger partial charge in [-0.05, 0) is 73.4 Å². The van der Waals surface area contributed by atoms with Crippen LogP contribution in [0, 0.1) is 0 Å². The van der Waals surface area contributed by atoms with Gasteiger partial charge in [0.1, 0.15) is 16.7 Å². The van der Waals surface area contributed by atoms with Crippen LogP contribution in [0.1, 0.15) is 48.5 Å². The standard InChI is InChI=1S/C34H41Cl2N5O4S/c1-2-45-30-14-13-28(46(44)41-15-3-4-16-41)23-29(30)34(33(43)40-19-17-39(18-20-40)21-22-42)37-31(24-5-9-26(35)10-6-24)32(38-34)25-7-11-27(36)12-8-25/h5-14,23,31-32,37-38,42H,2-4,15-22H2,1H3. The molecule has 3 atom stereocenters. The minimum atomic E-state index is -1.43. The van der Waals surface area contributed by atoms with Crippen LogP contribution in [0.5, 0.6) is 5.75 Å². The van der Waals surface area contributed by atoms with E-state index >= 15 is 4.79 Å². The molecule has 3 N–H and O–H groups in total. The lowest BCUT2D eigenvalue weighted by Crippen LogP contribution is -2.62. The van der Waals surface area contributed by atoms with E-state index < -0.39 is 16.6 Å². The first kappa shape index (κ1) is 33.4. The molecule has 0 saturated carbocycles. The van der Waals surface area contributed by atoms with E-state index in [0.717, 1.165) is 37.1 Å². The number of aliphatic hydroxyl groups excluding tert-OH is 1. The van der Waals surface area contributed by atoms with E-state index in [-0.39, 0.29) is 24.6 Å². The summed E-state index contributed by atoms with van der Waals surface area (Å²) in [5.41, 5.74) is 1.07. The molecule has 9 nitrogen and oxygen atoms in total. The summed E-state index contributed by atoms with van der Waals surface area (Å²) < 4.78 is 22.0. The van der Waals surface area contributed by atoms with Crippen molar-refractivity contribution in [3.05, 3.63) is 93.5 Å². The van der Waals surface area contributed by atoms with Gasteiger partial charge in [0.05, 0.1) is 30.2 Å². The summed E-state index contributed by atoms with van der Waals surface area (Å²) in [6.07, 6.45) is 2.02. The van der Waals surface area contributed by atoms with Crippen molar-refractivity contribution < 1.29 is 18.8 Å². The van der Waals surface area contributed by atoms with Crippen molar-refractivity contribution in [2.45, 2.75) is 42.4 Å². The average molecular weight is 687 g/mol. The molecule has 0 bridgehead atoms. The summed E-state index contributed by atoms with van der Waals surface area (Å²) in [5, 5.41) is 18.3. The molecule has 3 unspecified atom stereocenters. The van der Waals surface area contributed by atoms with Crippen molar-refractivity contribution in [1.82, 2.24) is 24.7 Å². The van der Waals surface area contributed by atoms with Gasteiger partial charge in [-0.1, -0.05) is 47.5 Å². The molecule has 3 aliphatic rings. The Kier molecular flexibility index (Phi) is 10.7. The number of hydrogen-bond acceptors (Lipinski definition) is 7. The van der Waals surface area contributed by atoms with Gasteiger partial charge in [-0.25, -0.2) is 8.51 Å². The smallest absolute Gasteiger partial charge is 0.262 e. The monoisotopic (exact) mass is 685 g/mol. The molecule has 3 aromatic carbocycles. The number of benzene rings is 3. The molecule has 46 heavy (non-hydrogen) atoms. The summed E-state index contributed by atoms with van der Waals surface area (Å²) in [6.45, 7) is 6.81. The van der Waals surface area contributed by atoms with Crippen LogP contribution in [0.2, 0.25) is 10.0 Å². The second-order valence-electron chi connectivity index (χ2n) is 11.9. The van der Waals surface area contributed by atoms with Crippen molar-refractivity contribution in [3.63, 3.8) is 0 Å². The highest BCUT2D eigenvalue weighted by molar-refractivity contribution is 7.82. The molecule has 3 aromatic rings. The number of ether oxygens (including phenoxy) is 1. The number of nitrogens with one attached hydrogen (secondary N) is 2. The number of carbonyl (C=O) groups is 1. The van der Waals surface area contributed by atoms with E-state index in [0.29, 0.717) is 65.6 Å². The first-order valence-electron chi connectivity index (χ1n) is 16.0. The molecule has 3 heterocycles. The Bertz CT molecular complexity index is 1480. The van der Waals surface area contributed by atoms with E-state index in [2.05, 4.69) is 15.5 Å². The molecular weight excluding hydrogens is 645 g/mol. The quantitative estimate of drug-likeness (QED) is 0.290. The topological polar surface area (TPSA) is 97.4 Å². The maximum absolute atomic E-state index is 15.1. The van der Waals surface area contributed by atoms with Crippen molar-refractivity contribution >= 4 is 40.1 Å². The zero-order valence-corrected chi connectivity index (χ0v) is 28.3. The maximum Gasteiger partial charge on any atom is 0.262 e. The average Bonchev–Trinajstić information content (AvgIpc) is 3.76. The minimum Gasteiger partial charge on any atom is -0.493 e. The van der Waals surface area contributed by atoms with Gasteiger partial charge in [-0.3, -0.25) is 20.3 Å². The van der Waals surface area contributed by atoms with Crippen molar-refractivity contribution in [3.8, 4) is 5.75 Å². The third-order valence-electron chi connectivity index (χ3n) is 9.09. The van der Waals surface area contributed by atoms with Crippen LogP contribution in [-0.4, -0.2) is 88.4 Å². The maximum atomic E-state index is 15.1. The third kappa shape index (κ3) is 6.86. The third-order valence-corrected chi connectivity index (χ3v) is 11.1. The lowest BCUT2D eigenvalue weighted by atomic mass is 9.95. The van der Waals surface area contributed by atoms with Crippen molar-refractivity contribution in [2.24, 2.45) is 0 Å². The fraction of sp³-hybridized carbons (Fsp3) is 0.441. The van der Waals surface area contributed by atoms with Gasteiger partial charge in [-0.2, -0.15) is 0 Å².